The van der Waals surface area contributed by atoms with Crippen molar-refractivity contribution in [3.63, 3.8) is 0 Å². The average molecular weight is 903 g/mol. The third-order valence-electron chi connectivity index (χ3n) is 15.0. The molecule has 2 nitrogen and oxygen atoms in total. The Morgan fingerprint density at radius 1 is 0.324 bits per heavy atom. The lowest BCUT2D eigenvalue weighted by molar-refractivity contribution is 0.768. The Balaban J connectivity index is 1.03. The Hall–Kier alpha value is -9.24. The van der Waals surface area contributed by atoms with Gasteiger partial charge < -0.3 is 9.47 Å². The maximum Gasteiger partial charge on any atom is 0.0714 e. The van der Waals surface area contributed by atoms with Crippen LogP contribution in [0.3, 0.4) is 0 Å². The third-order valence-corrected chi connectivity index (χ3v) is 15.0. The van der Waals surface area contributed by atoms with Gasteiger partial charge in [0.2, 0.25) is 0 Å². The fourth-order valence-electron chi connectivity index (χ4n) is 12.1. The highest BCUT2D eigenvalue weighted by Gasteiger charge is 2.47. The van der Waals surface area contributed by atoms with Crippen LogP contribution in [-0.2, 0) is 5.41 Å². The number of hydrogen-bond donors (Lipinski definition) is 0. The van der Waals surface area contributed by atoms with Crippen LogP contribution in [0.4, 0.5) is 17.1 Å². The Morgan fingerprint density at radius 3 is 1.56 bits per heavy atom. The molecule has 332 valence electrons. The molecule has 1 aliphatic rings. The molecule has 14 rings (SSSR count). The third kappa shape index (κ3) is 6.28. The number of benzene rings is 12. The molecular formula is C69H46N2. The zero-order valence-corrected chi connectivity index (χ0v) is 39.0. The fraction of sp³-hybridized carbons (Fsp3) is 0.0145. The molecule has 1 heterocycles. The largest absolute Gasteiger partial charge is 0.310 e. The number of nitrogens with zero attached hydrogens (tertiary/aromatic N) is 2. The van der Waals surface area contributed by atoms with Gasteiger partial charge in [0.05, 0.1) is 22.1 Å². The molecule has 12 aromatic carbocycles. The van der Waals surface area contributed by atoms with E-state index >= 15 is 0 Å². The van der Waals surface area contributed by atoms with Gasteiger partial charge in [0.25, 0.3) is 0 Å². The highest BCUT2D eigenvalue weighted by molar-refractivity contribution is 6.22. The number of para-hydroxylation sites is 3. The summed E-state index contributed by atoms with van der Waals surface area (Å²) in [7, 11) is 0. The van der Waals surface area contributed by atoms with Crippen molar-refractivity contribution in [2.24, 2.45) is 0 Å². The Kier molecular flexibility index (Phi) is 9.47. The predicted molar refractivity (Wildman–Crippen MR) is 299 cm³/mol. The summed E-state index contributed by atoms with van der Waals surface area (Å²) < 4.78 is 2.53. The summed E-state index contributed by atoms with van der Waals surface area (Å²) in [5.41, 5.74) is 18.6. The highest BCUT2D eigenvalue weighted by atomic mass is 15.1. The number of aromatic nitrogens is 1. The maximum atomic E-state index is 2.53. The molecule has 0 radical (unpaired) electrons. The topological polar surface area (TPSA) is 8.17 Å². The van der Waals surface area contributed by atoms with Crippen LogP contribution < -0.4 is 4.90 Å². The first-order chi connectivity index (χ1) is 35.3. The second-order valence-corrected chi connectivity index (χ2v) is 18.7. The van der Waals surface area contributed by atoms with E-state index in [2.05, 4.69) is 289 Å². The summed E-state index contributed by atoms with van der Waals surface area (Å²) in [4.78, 5) is 2.37. The van der Waals surface area contributed by atoms with Gasteiger partial charge in [-0.15, -0.1) is 0 Å². The van der Waals surface area contributed by atoms with E-state index in [1.54, 1.807) is 0 Å². The number of fused-ring (bicyclic) bond motifs is 10. The minimum Gasteiger partial charge on any atom is -0.310 e. The molecular weight excluding hydrogens is 857 g/mol. The second-order valence-electron chi connectivity index (χ2n) is 18.7. The standard InChI is InChI=1S/C69H46N2/c1-5-23-50(24-6-1)69(51-25-7-2-8-26-51)62-43-38-47-21-13-15-32-56(47)67(62)60-42-40-54(46-63(60)69)71-65-44-39-48-22-14-16-33-57(48)68(65)61-41-37-49(45-66(61)71)55-31-17-18-34-58(55)59-35-19-20-36-64(59)70(52-27-9-3-10-28-52)53-29-11-4-12-30-53/h1-46H. The van der Waals surface area contributed by atoms with Crippen LogP contribution in [0.1, 0.15) is 22.3 Å². The van der Waals surface area contributed by atoms with E-state index in [-0.39, 0.29) is 0 Å². The quantitative estimate of drug-likeness (QED) is 0.147. The van der Waals surface area contributed by atoms with E-state index in [1.807, 2.05) is 0 Å². The zero-order valence-electron chi connectivity index (χ0n) is 39.0. The van der Waals surface area contributed by atoms with Gasteiger partial charge in [0, 0.05) is 33.4 Å². The van der Waals surface area contributed by atoms with Gasteiger partial charge in [-0.1, -0.05) is 224 Å². The summed E-state index contributed by atoms with van der Waals surface area (Å²) in [6.07, 6.45) is 0. The molecule has 1 aromatic heterocycles. The van der Waals surface area contributed by atoms with Crippen LogP contribution in [0.25, 0.3) is 82.4 Å². The Morgan fingerprint density at radius 2 is 0.873 bits per heavy atom. The number of rotatable bonds is 8. The average Bonchev–Trinajstić information content (AvgIpc) is 3.95. The van der Waals surface area contributed by atoms with Gasteiger partial charge in [-0.25, -0.2) is 0 Å². The van der Waals surface area contributed by atoms with Gasteiger partial charge in [0.1, 0.15) is 0 Å². The molecule has 0 bridgehead atoms. The van der Waals surface area contributed by atoms with E-state index in [4.69, 9.17) is 0 Å². The molecule has 0 N–H and O–H groups in total. The van der Waals surface area contributed by atoms with Crippen LogP contribution in [0.15, 0.2) is 279 Å². The molecule has 0 fully saturated rings. The number of anilines is 3. The minimum absolute atomic E-state index is 0.566. The first kappa shape index (κ1) is 40.8. The van der Waals surface area contributed by atoms with Crippen LogP contribution in [0.2, 0.25) is 0 Å². The van der Waals surface area contributed by atoms with Crippen molar-refractivity contribution in [3.05, 3.63) is 301 Å². The van der Waals surface area contributed by atoms with Crippen molar-refractivity contribution in [3.8, 4) is 39.1 Å². The van der Waals surface area contributed by atoms with Gasteiger partial charge in [-0.05, 0) is 126 Å². The van der Waals surface area contributed by atoms with Gasteiger partial charge in [-0.2, -0.15) is 0 Å². The summed E-state index contributed by atoms with van der Waals surface area (Å²) in [5, 5.41) is 7.49. The molecule has 0 amide bonds. The van der Waals surface area contributed by atoms with E-state index in [1.165, 1.54) is 82.3 Å². The fourth-order valence-corrected chi connectivity index (χ4v) is 12.1. The van der Waals surface area contributed by atoms with Crippen molar-refractivity contribution in [2.75, 3.05) is 4.90 Å². The minimum atomic E-state index is -0.566. The van der Waals surface area contributed by atoms with Crippen molar-refractivity contribution in [1.82, 2.24) is 4.57 Å². The monoisotopic (exact) mass is 902 g/mol. The molecule has 0 saturated carbocycles. The molecule has 2 heteroatoms. The van der Waals surface area contributed by atoms with Crippen molar-refractivity contribution in [1.29, 1.82) is 0 Å². The molecule has 13 aromatic rings. The lowest BCUT2D eigenvalue weighted by Crippen LogP contribution is -2.28. The highest BCUT2D eigenvalue weighted by Crippen LogP contribution is 2.58. The second kappa shape index (κ2) is 16.5. The molecule has 0 unspecified atom stereocenters. The first-order valence-corrected chi connectivity index (χ1v) is 24.6. The lowest BCUT2D eigenvalue weighted by atomic mass is 9.67. The lowest BCUT2D eigenvalue weighted by Gasteiger charge is -2.34. The van der Waals surface area contributed by atoms with Crippen LogP contribution >= 0.6 is 0 Å². The summed E-state index contributed by atoms with van der Waals surface area (Å²) >= 11 is 0. The van der Waals surface area contributed by atoms with Crippen molar-refractivity contribution < 1.29 is 0 Å². The Labute approximate surface area is 413 Å². The SMILES string of the molecule is c1ccc(N(c2ccccc2)c2ccccc2-c2ccccc2-c2ccc3c4c5ccccc5ccc4n(-c4ccc5c(c4)C(c4ccccc4)(c4ccccc4)c4ccc6ccccc6c4-5)c3c2)cc1. The molecule has 1 aliphatic carbocycles. The summed E-state index contributed by atoms with van der Waals surface area (Å²) in [5.74, 6) is 0. The molecule has 0 aliphatic heterocycles. The maximum absolute atomic E-state index is 2.53. The molecule has 71 heavy (non-hydrogen) atoms. The summed E-state index contributed by atoms with van der Waals surface area (Å²) in [6.45, 7) is 0. The van der Waals surface area contributed by atoms with Gasteiger partial charge in [-0.3, -0.25) is 0 Å². The molecule has 0 saturated heterocycles. The smallest absolute Gasteiger partial charge is 0.0714 e. The molecule has 0 spiro atoms. The zero-order chi connectivity index (χ0) is 46.9. The normalized spacial score (nSPS) is 12.6. The van der Waals surface area contributed by atoms with Gasteiger partial charge in [0.15, 0.2) is 0 Å². The van der Waals surface area contributed by atoms with E-state index < -0.39 is 5.41 Å². The van der Waals surface area contributed by atoms with E-state index in [0.29, 0.717) is 0 Å². The predicted octanol–water partition coefficient (Wildman–Crippen LogP) is 18.3. The summed E-state index contributed by atoms with van der Waals surface area (Å²) in [6, 6.07) is 103. The van der Waals surface area contributed by atoms with E-state index in [9.17, 15) is 0 Å². The number of hydrogen-bond acceptors (Lipinski definition) is 1. The van der Waals surface area contributed by atoms with E-state index in [0.717, 1.165) is 39.4 Å². The van der Waals surface area contributed by atoms with Crippen molar-refractivity contribution >= 4 is 60.4 Å². The van der Waals surface area contributed by atoms with Crippen LogP contribution in [0, 0.1) is 0 Å². The van der Waals surface area contributed by atoms with Gasteiger partial charge >= 0.3 is 0 Å². The van der Waals surface area contributed by atoms with Crippen molar-refractivity contribution in [2.45, 2.75) is 5.41 Å². The van der Waals surface area contributed by atoms with Crippen LogP contribution in [0.5, 0.6) is 0 Å². The van der Waals surface area contributed by atoms with Crippen LogP contribution in [-0.4, -0.2) is 4.57 Å². The molecule has 0 atom stereocenters. The first-order valence-electron chi connectivity index (χ1n) is 24.6. The Bertz CT molecular complexity index is 4080.